The summed E-state index contributed by atoms with van der Waals surface area (Å²) < 4.78 is 12.6. The number of pyridine rings is 1. The highest BCUT2D eigenvalue weighted by Crippen LogP contribution is 2.28. The first kappa shape index (κ1) is 20.3. The van der Waals surface area contributed by atoms with Gasteiger partial charge in [0.25, 0.3) is 5.91 Å². The van der Waals surface area contributed by atoms with Crippen LogP contribution in [-0.4, -0.2) is 39.6 Å². The summed E-state index contributed by atoms with van der Waals surface area (Å²) in [6, 6.07) is 14.8. The SMILES string of the molecule is CCOc1cc(CNC(=O)c2cccc(-n3nnc4cccnc43)c2C)ccc1OC. The second-order valence-corrected chi connectivity index (χ2v) is 6.90. The Morgan fingerprint density at radius 3 is 2.81 bits per heavy atom. The molecular weight excluding hydrogens is 394 g/mol. The van der Waals surface area contributed by atoms with Crippen LogP contribution < -0.4 is 14.8 Å². The number of carbonyl (C=O) groups excluding carboxylic acids is 1. The molecule has 0 aliphatic carbocycles. The minimum Gasteiger partial charge on any atom is -0.493 e. The molecule has 0 atom stereocenters. The Hall–Kier alpha value is -3.94. The Labute approximate surface area is 179 Å². The Morgan fingerprint density at radius 1 is 1.13 bits per heavy atom. The minimum absolute atomic E-state index is 0.175. The fourth-order valence-electron chi connectivity index (χ4n) is 3.40. The molecule has 2 aromatic carbocycles. The summed E-state index contributed by atoms with van der Waals surface area (Å²) in [5, 5.41) is 11.3. The average Bonchev–Trinajstić information content (AvgIpc) is 3.22. The zero-order chi connectivity index (χ0) is 21.8. The van der Waals surface area contributed by atoms with Gasteiger partial charge in [-0.15, -0.1) is 5.10 Å². The Balaban J connectivity index is 1.56. The third kappa shape index (κ3) is 4.05. The van der Waals surface area contributed by atoms with Crippen molar-refractivity contribution in [2.45, 2.75) is 20.4 Å². The van der Waals surface area contributed by atoms with Crippen LogP contribution in [0.2, 0.25) is 0 Å². The number of carbonyl (C=O) groups is 1. The van der Waals surface area contributed by atoms with Gasteiger partial charge in [0.1, 0.15) is 5.52 Å². The van der Waals surface area contributed by atoms with E-state index in [2.05, 4.69) is 20.6 Å². The summed E-state index contributed by atoms with van der Waals surface area (Å²) in [6.45, 7) is 4.70. The molecule has 8 nitrogen and oxygen atoms in total. The number of ether oxygens (including phenoxy) is 2. The highest BCUT2D eigenvalue weighted by Gasteiger charge is 2.16. The number of aromatic nitrogens is 4. The lowest BCUT2D eigenvalue weighted by atomic mass is 10.1. The molecule has 0 aliphatic heterocycles. The number of benzene rings is 2. The van der Waals surface area contributed by atoms with Crippen molar-refractivity contribution in [3.8, 4) is 17.2 Å². The van der Waals surface area contributed by atoms with E-state index in [1.807, 2.05) is 56.3 Å². The van der Waals surface area contributed by atoms with Gasteiger partial charge in [-0.25, -0.2) is 4.98 Å². The lowest BCUT2D eigenvalue weighted by Gasteiger charge is -2.13. The molecule has 0 radical (unpaired) electrons. The molecule has 0 aliphatic rings. The number of fused-ring (bicyclic) bond motifs is 1. The quantitative estimate of drug-likeness (QED) is 0.495. The van der Waals surface area contributed by atoms with E-state index in [9.17, 15) is 4.79 Å². The van der Waals surface area contributed by atoms with Crippen LogP contribution in [0.15, 0.2) is 54.7 Å². The third-order valence-electron chi connectivity index (χ3n) is 4.97. The molecule has 31 heavy (non-hydrogen) atoms. The van der Waals surface area contributed by atoms with Crippen molar-refractivity contribution in [1.82, 2.24) is 25.3 Å². The van der Waals surface area contributed by atoms with Crippen LogP contribution >= 0.6 is 0 Å². The van der Waals surface area contributed by atoms with Crippen LogP contribution in [0.1, 0.15) is 28.4 Å². The van der Waals surface area contributed by atoms with Crippen molar-refractivity contribution in [2.75, 3.05) is 13.7 Å². The van der Waals surface area contributed by atoms with Gasteiger partial charge in [-0.05, 0) is 61.4 Å². The maximum Gasteiger partial charge on any atom is 0.251 e. The molecule has 2 aromatic heterocycles. The Morgan fingerprint density at radius 2 is 2.00 bits per heavy atom. The topological polar surface area (TPSA) is 91.2 Å². The van der Waals surface area contributed by atoms with Crippen molar-refractivity contribution >= 4 is 17.1 Å². The first-order valence-corrected chi connectivity index (χ1v) is 9.96. The average molecular weight is 417 g/mol. The van der Waals surface area contributed by atoms with E-state index in [1.54, 1.807) is 24.1 Å². The van der Waals surface area contributed by atoms with Gasteiger partial charge in [-0.2, -0.15) is 4.68 Å². The van der Waals surface area contributed by atoms with Gasteiger partial charge < -0.3 is 14.8 Å². The smallest absolute Gasteiger partial charge is 0.251 e. The number of nitrogens with zero attached hydrogens (tertiary/aromatic N) is 4. The molecule has 0 fully saturated rings. The number of rotatable bonds is 7. The molecule has 0 unspecified atom stereocenters. The maximum atomic E-state index is 12.9. The van der Waals surface area contributed by atoms with Gasteiger partial charge in [-0.1, -0.05) is 17.3 Å². The molecule has 0 spiro atoms. The largest absolute Gasteiger partial charge is 0.493 e. The number of nitrogens with one attached hydrogen (secondary N) is 1. The Kier molecular flexibility index (Phi) is 5.79. The number of hydrogen-bond donors (Lipinski definition) is 1. The zero-order valence-corrected chi connectivity index (χ0v) is 17.6. The van der Waals surface area contributed by atoms with Gasteiger partial charge in [-0.3, -0.25) is 4.79 Å². The minimum atomic E-state index is -0.175. The normalized spacial score (nSPS) is 10.8. The van der Waals surface area contributed by atoms with Crippen LogP contribution in [0.3, 0.4) is 0 Å². The molecule has 1 N–H and O–H groups in total. The van der Waals surface area contributed by atoms with Gasteiger partial charge in [0.2, 0.25) is 0 Å². The second kappa shape index (κ2) is 8.83. The monoisotopic (exact) mass is 417 g/mol. The first-order chi connectivity index (χ1) is 15.1. The molecule has 0 saturated carbocycles. The second-order valence-electron chi connectivity index (χ2n) is 6.90. The van der Waals surface area contributed by atoms with Crippen molar-refractivity contribution < 1.29 is 14.3 Å². The lowest BCUT2D eigenvalue weighted by Crippen LogP contribution is -2.24. The third-order valence-corrected chi connectivity index (χ3v) is 4.97. The fraction of sp³-hybridized carbons (Fsp3) is 0.217. The van der Waals surface area contributed by atoms with Gasteiger partial charge in [0.05, 0.1) is 19.4 Å². The zero-order valence-electron chi connectivity index (χ0n) is 17.6. The summed E-state index contributed by atoms with van der Waals surface area (Å²) in [4.78, 5) is 17.3. The van der Waals surface area contributed by atoms with Gasteiger partial charge in [0, 0.05) is 18.3 Å². The summed E-state index contributed by atoms with van der Waals surface area (Å²) in [5.41, 5.74) is 4.37. The first-order valence-electron chi connectivity index (χ1n) is 9.96. The fourth-order valence-corrected chi connectivity index (χ4v) is 3.40. The van der Waals surface area contributed by atoms with Crippen LogP contribution in [0.25, 0.3) is 16.9 Å². The van der Waals surface area contributed by atoms with Crippen molar-refractivity contribution in [1.29, 1.82) is 0 Å². The van der Waals surface area contributed by atoms with Crippen LogP contribution in [0.5, 0.6) is 11.5 Å². The lowest BCUT2D eigenvalue weighted by molar-refractivity contribution is 0.0950. The standard InChI is InChI=1S/C23H23N5O3/c1-4-31-21-13-16(10-11-20(21)30-3)14-25-23(29)17-7-5-9-19(15(17)2)28-22-18(26-27-28)8-6-12-24-22/h5-13H,4,14H2,1-3H3,(H,25,29). The summed E-state index contributed by atoms with van der Waals surface area (Å²) in [7, 11) is 1.60. The predicted molar refractivity (Wildman–Crippen MR) is 117 cm³/mol. The summed E-state index contributed by atoms with van der Waals surface area (Å²) in [6.07, 6.45) is 1.69. The molecule has 4 rings (SSSR count). The van der Waals surface area contributed by atoms with Crippen molar-refractivity contribution in [3.63, 3.8) is 0 Å². The molecule has 158 valence electrons. The van der Waals surface area contributed by atoms with Crippen LogP contribution in [-0.2, 0) is 6.54 Å². The van der Waals surface area contributed by atoms with E-state index in [-0.39, 0.29) is 5.91 Å². The van der Waals surface area contributed by atoms with Crippen molar-refractivity contribution in [3.05, 3.63) is 71.4 Å². The summed E-state index contributed by atoms with van der Waals surface area (Å²) >= 11 is 0. The molecule has 8 heteroatoms. The highest BCUT2D eigenvalue weighted by molar-refractivity contribution is 5.96. The Bertz CT molecular complexity index is 1240. The maximum absolute atomic E-state index is 12.9. The number of methoxy groups -OCH3 is 1. The predicted octanol–water partition coefficient (Wildman–Crippen LogP) is 3.46. The van der Waals surface area contributed by atoms with E-state index in [0.29, 0.717) is 41.4 Å². The number of amides is 1. The molecule has 0 bridgehead atoms. The van der Waals surface area contributed by atoms with E-state index < -0.39 is 0 Å². The molecule has 0 saturated heterocycles. The van der Waals surface area contributed by atoms with Crippen LogP contribution in [0.4, 0.5) is 0 Å². The summed E-state index contributed by atoms with van der Waals surface area (Å²) in [5.74, 6) is 1.14. The van der Waals surface area contributed by atoms with E-state index in [0.717, 1.165) is 16.8 Å². The van der Waals surface area contributed by atoms with Crippen LogP contribution in [0, 0.1) is 6.92 Å². The van der Waals surface area contributed by atoms with Gasteiger partial charge >= 0.3 is 0 Å². The number of hydrogen-bond acceptors (Lipinski definition) is 6. The molecule has 4 aromatic rings. The highest BCUT2D eigenvalue weighted by atomic mass is 16.5. The molecule has 2 heterocycles. The van der Waals surface area contributed by atoms with E-state index in [4.69, 9.17) is 9.47 Å². The molecular formula is C23H23N5O3. The molecule has 1 amide bonds. The van der Waals surface area contributed by atoms with E-state index >= 15 is 0 Å². The van der Waals surface area contributed by atoms with E-state index in [1.165, 1.54) is 0 Å². The van der Waals surface area contributed by atoms with Gasteiger partial charge in [0.15, 0.2) is 17.1 Å². The van der Waals surface area contributed by atoms with Crippen molar-refractivity contribution in [2.24, 2.45) is 0 Å².